The van der Waals surface area contributed by atoms with Gasteiger partial charge in [-0.1, -0.05) is 48.5 Å². The van der Waals surface area contributed by atoms with Gasteiger partial charge in [0.25, 0.3) is 0 Å². The molecule has 2 aromatic carbocycles. The Morgan fingerprint density at radius 2 is 1.36 bits per heavy atom. The number of piperidine rings is 1. The van der Waals surface area contributed by atoms with Crippen LogP contribution in [0.25, 0.3) is 0 Å². The number of hydrogen-bond acceptors (Lipinski definition) is 2. The Hall–Kier alpha value is -1.64. The van der Waals surface area contributed by atoms with Gasteiger partial charge < -0.3 is 9.80 Å². The number of rotatable bonds is 3. The number of aryl methyl sites for hydroxylation is 2. The van der Waals surface area contributed by atoms with Gasteiger partial charge in [0.1, 0.15) is 0 Å². The molecule has 0 saturated carbocycles. The average Bonchev–Trinajstić information content (AvgIpc) is 2.80. The van der Waals surface area contributed by atoms with Gasteiger partial charge in [0.2, 0.25) is 0 Å². The van der Waals surface area contributed by atoms with Gasteiger partial charge in [-0.2, -0.15) is 0 Å². The van der Waals surface area contributed by atoms with E-state index in [1.165, 1.54) is 38.8 Å². The molecular weight excluding hydrogens is 304 g/mol. The van der Waals surface area contributed by atoms with Gasteiger partial charge in [0.05, 0.1) is 0 Å². The first-order valence-corrected chi connectivity index (χ1v) is 9.77. The Morgan fingerprint density at radius 3 is 1.88 bits per heavy atom. The van der Waals surface area contributed by atoms with E-state index in [9.17, 15) is 0 Å². The summed E-state index contributed by atoms with van der Waals surface area (Å²) in [4.78, 5) is 5.09. The molecule has 4 rings (SSSR count). The third-order valence-electron chi connectivity index (χ3n) is 6.25. The third kappa shape index (κ3) is 3.51. The normalized spacial score (nSPS) is 19.5. The van der Waals surface area contributed by atoms with E-state index in [0.717, 1.165) is 12.6 Å². The van der Waals surface area contributed by atoms with E-state index < -0.39 is 0 Å². The van der Waals surface area contributed by atoms with E-state index in [4.69, 9.17) is 0 Å². The molecule has 0 bridgehead atoms. The summed E-state index contributed by atoms with van der Waals surface area (Å²) in [6, 6.07) is 19.0. The second-order valence-corrected chi connectivity index (χ2v) is 7.95. The van der Waals surface area contributed by atoms with Crippen LogP contribution in [-0.2, 0) is 12.8 Å². The van der Waals surface area contributed by atoms with E-state index >= 15 is 0 Å². The number of hydrogen-bond donors (Lipinski definition) is 0. The Bertz CT molecular complexity index is 666. The lowest BCUT2D eigenvalue weighted by molar-refractivity contribution is 0.142. The molecule has 1 heterocycles. The van der Waals surface area contributed by atoms with Crippen LogP contribution in [-0.4, -0.2) is 49.6 Å². The summed E-state index contributed by atoms with van der Waals surface area (Å²) in [5.41, 5.74) is 6.21. The lowest BCUT2D eigenvalue weighted by Crippen LogP contribution is -2.43. The van der Waals surface area contributed by atoms with E-state index in [1.54, 1.807) is 22.3 Å². The summed E-state index contributed by atoms with van der Waals surface area (Å²) < 4.78 is 0. The van der Waals surface area contributed by atoms with Gasteiger partial charge in [0, 0.05) is 18.5 Å². The quantitative estimate of drug-likeness (QED) is 0.839. The molecule has 132 valence electrons. The first kappa shape index (κ1) is 16.8. The van der Waals surface area contributed by atoms with Crippen molar-refractivity contribution in [1.29, 1.82) is 0 Å². The van der Waals surface area contributed by atoms with Crippen LogP contribution in [0.2, 0.25) is 0 Å². The molecule has 1 saturated heterocycles. The minimum atomic E-state index is 0.519. The monoisotopic (exact) mass is 334 g/mol. The summed E-state index contributed by atoms with van der Waals surface area (Å²) in [5, 5.41) is 0. The van der Waals surface area contributed by atoms with Crippen LogP contribution in [0.1, 0.15) is 41.0 Å². The molecule has 2 heteroatoms. The second kappa shape index (κ2) is 7.31. The molecule has 0 radical (unpaired) electrons. The van der Waals surface area contributed by atoms with Crippen molar-refractivity contribution in [3.63, 3.8) is 0 Å². The fraction of sp³-hybridized carbons (Fsp3) is 0.478. The maximum Gasteiger partial charge on any atom is 0.0222 e. The van der Waals surface area contributed by atoms with Crippen LogP contribution in [0.15, 0.2) is 48.5 Å². The third-order valence-corrected chi connectivity index (χ3v) is 6.25. The van der Waals surface area contributed by atoms with Crippen molar-refractivity contribution in [2.24, 2.45) is 0 Å². The minimum Gasteiger partial charge on any atom is -0.306 e. The average molecular weight is 335 g/mol. The Balaban J connectivity index is 1.60. The fourth-order valence-electron chi connectivity index (χ4n) is 4.71. The Morgan fingerprint density at radius 1 is 0.840 bits per heavy atom. The van der Waals surface area contributed by atoms with Crippen LogP contribution in [0.4, 0.5) is 0 Å². The molecule has 1 aliphatic heterocycles. The summed E-state index contributed by atoms with van der Waals surface area (Å²) in [6.45, 7) is 3.61. The van der Waals surface area contributed by atoms with Crippen molar-refractivity contribution >= 4 is 0 Å². The van der Waals surface area contributed by atoms with E-state index in [2.05, 4.69) is 72.4 Å². The standard InChI is InChI=1S/C23H30N2/c1-24(2)20-13-15-25(16-14-20)17-23-21-9-5-3-7-18(21)11-12-19-8-4-6-10-22(19)23/h3-10,20,23H,11-17H2,1-2H3. The van der Waals surface area contributed by atoms with Crippen molar-refractivity contribution < 1.29 is 0 Å². The van der Waals surface area contributed by atoms with Gasteiger partial charge in [-0.3, -0.25) is 0 Å². The Labute approximate surface area is 152 Å². The van der Waals surface area contributed by atoms with Gasteiger partial charge in [-0.05, 0) is 75.1 Å². The zero-order chi connectivity index (χ0) is 17.2. The van der Waals surface area contributed by atoms with Gasteiger partial charge >= 0.3 is 0 Å². The minimum absolute atomic E-state index is 0.519. The largest absolute Gasteiger partial charge is 0.306 e. The summed E-state index contributed by atoms with van der Waals surface area (Å²) in [5.74, 6) is 0.519. The molecule has 2 nitrogen and oxygen atoms in total. The molecule has 0 unspecified atom stereocenters. The highest BCUT2D eigenvalue weighted by Gasteiger charge is 2.27. The van der Waals surface area contributed by atoms with Crippen LogP contribution >= 0.6 is 0 Å². The lowest BCUT2D eigenvalue weighted by atomic mass is 9.87. The summed E-state index contributed by atoms with van der Waals surface area (Å²) in [6.07, 6.45) is 4.94. The van der Waals surface area contributed by atoms with E-state index in [0.29, 0.717) is 5.92 Å². The number of likely N-dealkylation sites (tertiary alicyclic amines) is 1. The molecule has 2 aliphatic rings. The lowest BCUT2D eigenvalue weighted by Gasteiger charge is -2.37. The molecular formula is C23H30N2. The second-order valence-electron chi connectivity index (χ2n) is 7.95. The van der Waals surface area contributed by atoms with Gasteiger partial charge in [-0.15, -0.1) is 0 Å². The molecule has 25 heavy (non-hydrogen) atoms. The zero-order valence-electron chi connectivity index (χ0n) is 15.6. The predicted octanol–water partition coefficient (Wildman–Crippen LogP) is 3.94. The molecule has 2 aromatic rings. The van der Waals surface area contributed by atoms with Crippen molar-refractivity contribution in [1.82, 2.24) is 9.80 Å². The predicted molar refractivity (Wildman–Crippen MR) is 105 cm³/mol. The van der Waals surface area contributed by atoms with Crippen molar-refractivity contribution in [3.05, 3.63) is 70.8 Å². The molecule has 1 aliphatic carbocycles. The fourth-order valence-corrected chi connectivity index (χ4v) is 4.71. The van der Waals surface area contributed by atoms with Crippen molar-refractivity contribution in [2.75, 3.05) is 33.7 Å². The maximum absolute atomic E-state index is 2.70. The van der Waals surface area contributed by atoms with Crippen LogP contribution in [0.3, 0.4) is 0 Å². The summed E-state index contributed by atoms with van der Waals surface area (Å²) >= 11 is 0. The number of benzene rings is 2. The first-order valence-electron chi connectivity index (χ1n) is 9.77. The Kier molecular flexibility index (Phi) is 4.91. The zero-order valence-corrected chi connectivity index (χ0v) is 15.6. The van der Waals surface area contributed by atoms with E-state index in [1.807, 2.05) is 0 Å². The molecule has 0 spiro atoms. The molecule has 0 N–H and O–H groups in total. The highest BCUT2D eigenvalue weighted by Crippen LogP contribution is 2.35. The van der Waals surface area contributed by atoms with Crippen LogP contribution in [0.5, 0.6) is 0 Å². The first-order chi connectivity index (χ1) is 12.2. The van der Waals surface area contributed by atoms with Crippen molar-refractivity contribution in [3.8, 4) is 0 Å². The number of nitrogens with zero attached hydrogens (tertiary/aromatic N) is 2. The molecule has 1 fully saturated rings. The van der Waals surface area contributed by atoms with Gasteiger partial charge in [0.15, 0.2) is 0 Å². The van der Waals surface area contributed by atoms with E-state index in [-0.39, 0.29) is 0 Å². The van der Waals surface area contributed by atoms with Crippen LogP contribution < -0.4 is 0 Å². The maximum atomic E-state index is 2.70. The molecule has 0 amide bonds. The highest BCUT2D eigenvalue weighted by atomic mass is 15.2. The molecule has 0 atom stereocenters. The van der Waals surface area contributed by atoms with Crippen molar-refractivity contribution in [2.45, 2.75) is 37.6 Å². The summed E-state index contributed by atoms with van der Waals surface area (Å²) in [7, 11) is 4.44. The van der Waals surface area contributed by atoms with Crippen LogP contribution in [0, 0.1) is 0 Å². The van der Waals surface area contributed by atoms with Gasteiger partial charge in [-0.25, -0.2) is 0 Å². The SMILES string of the molecule is CN(C)C1CCN(CC2c3ccccc3CCc3ccccc32)CC1. The number of fused-ring (bicyclic) bond motifs is 2. The molecule has 0 aromatic heterocycles. The highest BCUT2D eigenvalue weighted by molar-refractivity contribution is 5.45. The topological polar surface area (TPSA) is 6.48 Å². The smallest absolute Gasteiger partial charge is 0.0222 e.